The summed E-state index contributed by atoms with van der Waals surface area (Å²) in [5.41, 5.74) is 7.36. The number of nitrogens with one attached hydrogen (secondary N) is 2. The lowest BCUT2D eigenvalue weighted by molar-refractivity contribution is 0.0857. The van der Waals surface area contributed by atoms with Gasteiger partial charge >= 0.3 is 0 Å². The Kier molecular flexibility index (Phi) is 6.40. The highest BCUT2D eigenvalue weighted by Gasteiger charge is 2.16. The summed E-state index contributed by atoms with van der Waals surface area (Å²) in [4.78, 5) is 16.5. The van der Waals surface area contributed by atoms with Crippen LogP contribution in [-0.2, 0) is 11.3 Å². The Morgan fingerprint density at radius 2 is 2.30 bits per heavy atom. The van der Waals surface area contributed by atoms with E-state index in [4.69, 9.17) is 10.5 Å². The minimum atomic E-state index is -0.0837. The lowest BCUT2D eigenvalue weighted by Gasteiger charge is -2.11. The van der Waals surface area contributed by atoms with Gasteiger partial charge in [-0.15, -0.1) is 0 Å². The highest BCUT2D eigenvalue weighted by Crippen LogP contribution is 2.11. The van der Waals surface area contributed by atoms with Gasteiger partial charge in [0.05, 0.1) is 12.6 Å². The highest BCUT2D eigenvalue weighted by molar-refractivity contribution is 5.94. The number of rotatable bonds is 6. The zero-order valence-corrected chi connectivity index (χ0v) is 13.8. The maximum Gasteiger partial charge on any atom is 0.251 e. The fourth-order valence-electron chi connectivity index (χ4n) is 2.44. The molecule has 2 rings (SSSR count). The molecular formula is C17H26N4O2. The maximum atomic E-state index is 12.2. The van der Waals surface area contributed by atoms with E-state index in [1.807, 2.05) is 32.0 Å². The molecule has 0 bridgehead atoms. The molecule has 1 atom stereocenters. The third-order valence-electron chi connectivity index (χ3n) is 3.57. The van der Waals surface area contributed by atoms with Gasteiger partial charge in [-0.2, -0.15) is 0 Å². The topological polar surface area (TPSA) is 88.7 Å². The van der Waals surface area contributed by atoms with Crippen LogP contribution < -0.4 is 16.4 Å². The Bertz CT molecular complexity index is 551. The maximum absolute atomic E-state index is 12.2. The van der Waals surface area contributed by atoms with Crippen LogP contribution in [0.5, 0.6) is 0 Å². The van der Waals surface area contributed by atoms with Crippen LogP contribution in [0.4, 0.5) is 0 Å². The van der Waals surface area contributed by atoms with Crippen LogP contribution in [0.1, 0.15) is 42.6 Å². The molecule has 1 aromatic rings. The number of ether oxygens (including phenoxy) is 1. The van der Waals surface area contributed by atoms with Gasteiger partial charge in [0.2, 0.25) is 0 Å². The van der Waals surface area contributed by atoms with Crippen LogP contribution in [0.25, 0.3) is 0 Å². The van der Waals surface area contributed by atoms with E-state index in [2.05, 4.69) is 15.6 Å². The highest BCUT2D eigenvalue weighted by atomic mass is 16.5. The molecule has 1 heterocycles. The largest absolute Gasteiger partial charge is 0.376 e. The standard InChI is InChI=1S/C17H26N4O2/c1-12(2)21-17(18)20-10-13-5-3-6-14(9-13)16(22)19-11-15-7-4-8-23-15/h3,5-6,9,12,15H,4,7-8,10-11H2,1-2H3,(H,19,22)(H3,18,20,21). The fraction of sp³-hybridized carbons (Fsp3) is 0.529. The van der Waals surface area contributed by atoms with Gasteiger partial charge in [0.15, 0.2) is 5.96 Å². The van der Waals surface area contributed by atoms with Crippen molar-refractivity contribution in [2.24, 2.45) is 10.7 Å². The van der Waals surface area contributed by atoms with Crippen LogP contribution in [0.15, 0.2) is 29.3 Å². The van der Waals surface area contributed by atoms with Crippen molar-refractivity contribution >= 4 is 11.9 Å². The summed E-state index contributed by atoms with van der Waals surface area (Å²) in [7, 11) is 0. The monoisotopic (exact) mass is 318 g/mol. The van der Waals surface area contributed by atoms with Crippen molar-refractivity contribution in [3.63, 3.8) is 0 Å². The minimum absolute atomic E-state index is 0.0837. The molecule has 126 valence electrons. The molecule has 0 aliphatic carbocycles. The lowest BCUT2D eigenvalue weighted by atomic mass is 10.1. The van der Waals surface area contributed by atoms with Gasteiger partial charge in [0.25, 0.3) is 5.91 Å². The molecule has 0 radical (unpaired) electrons. The molecular weight excluding hydrogens is 292 g/mol. The van der Waals surface area contributed by atoms with Crippen molar-refractivity contribution in [2.45, 2.75) is 45.4 Å². The van der Waals surface area contributed by atoms with Gasteiger partial charge in [0.1, 0.15) is 0 Å². The predicted octanol–water partition coefficient (Wildman–Crippen LogP) is 1.41. The minimum Gasteiger partial charge on any atom is -0.376 e. The molecule has 1 aliphatic heterocycles. The number of carbonyl (C=O) groups is 1. The zero-order valence-electron chi connectivity index (χ0n) is 13.8. The summed E-state index contributed by atoms with van der Waals surface area (Å²) >= 11 is 0. The summed E-state index contributed by atoms with van der Waals surface area (Å²) in [6, 6.07) is 7.68. The number of benzene rings is 1. The number of nitrogens with zero attached hydrogens (tertiary/aromatic N) is 1. The second kappa shape index (κ2) is 8.53. The normalized spacial score (nSPS) is 18.2. The molecule has 23 heavy (non-hydrogen) atoms. The molecule has 1 amide bonds. The van der Waals surface area contributed by atoms with E-state index in [1.165, 1.54) is 0 Å². The van der Waals surface area contributed by atoms with Gasteiger partial charge in [-0.3, -0.25) is 4.79 Å². The van der Waals surface area contributed by atoms with Crippen molar-refractivity contribution < 1.29 is 9.53 Å². The van der Waals surface area contributed by atoms with Crippen molar-refractivity contribution in [3.05, 3.63) is 35.4 Å². The lowest BCUT2D eigenvalue weighted by Crippen LogP contribution is -2.36. The molecule has 0 saturated carbocycles. The van der Waals surface area contributed by atoms with E-state index in [9.17, 15) is 4.79 Å². The van der Waals surface area contributed by atoms with Gasteiger partial charge in [-0.05, 0) is 44.4 Å². The number of aliphatic imine (C=N–C) groups is 1. The third-order valence-corrected chi connectivity index (χ3v) is 3.57. The average molecular weight is 318 g/mol. The number of hydrogen-bond acceptors (Lipinski definition) is 3. The number of amides is 1. The first-order valence-corrected chi connectivity index (χ1v) is 8.10. The zero-order chi connectivity index (χ0) is 16.7. The molecule has 1 aliphatic rings. The van der Waals surface area contributed by atoms with E-state index in [-0.39, 0.29) is 18.1 Å². The number of guanidine groups is 1. The first kappa shape index (κ1) is 17.3. The number of nitrogens with two attached hydrogens (primary N) is 1. The summed E-state index contributed by atoms with van der Waals surface area (Å²) in [5, 5.41) is 5.96. The van der Waals surface area contributed by atoms with Gasteiger partial charge < -0.3 is 21.1 Å². The van der Waals surface area contributed by atoms with Crippen LogP contribution in [-0.4, -0.2) is 37.2 Å². The van der Waals surface area contributed by atoms with Crippen molar-refractivity contribution in [1.29, 1.82) is 0 Å². The SMILES string of the molecule is CC(C)NC(N)=NCc1cccc(C(=O)NCC2CCCO2)c1. The van der Waals surface area contributed by atoms with Crippen LogP contribution in [0.2, 0.25) is 0 Å². The third kappa shape index (κ3) is 5.90. The Morgan fingerprint density at radius 1 is 1.48 bits per heavy atom. The molecule has 6 nitrogen and oxygen atoms in total. The Morgan fingerprint density at radius 3 is 3.00 bits per heavy atom. The van der Waals surface area contributed by atoms with Gasteiger partial charge in [-0.1, -0.05) is 12.1 Å². The molecule has 6 heteroatoms. The van der Waals surface area contributed by atoms with Crippen molar-refractivity contribution in [3.8, 4) is 0 Å². The molecule has 1 aromatic carbocycles. The molecule has 0 spiro atoms. The molecule has 1 unspecified atom stereocenters. The second-order valence-corrected chi connectivity index (χ2v) is 6.05. The van der Waals surface area contributed by atoms with E-state index in [1.54, 1.807) is 6.07 Å². The van der Waals surface area contributed by atoms with Gasteiger partial charge in [0, 0.05) is 24.8 Å². The van der Waals surface area contributed by atoms with Gasteiger partial charge in [-0.25, -0.2) is 4.99 Å². The quantitative estimate of drug-likeness (QED) is 0.546. The first-order valence-electron chi connectivity index (χ1n) is 8.10. The second-order valence-electron chi connectivity index (χ2n) is 6.05. The smallest absolute Gasteiger partial charge is 0.251 e. The fourth-order valence-corrected chi connectivity index (χ4v) is 2.44. The average Bonchev–Trinajstić information content (AvgIpc) is 3.03. The summed E-state index contributed by atoms with van der Waals surface area (Å²) in [6.07, 6.45) is 2.23. The van der Waals surface area contributed by atoms with Crippen molar-refractivity contribution in [1.82, 2.24) is 10.6 Å². The molecule has 1 fully saturated rings. The number of carbonyl (C=O) groups excluding carboxylic acids is 1. The van der Waals surface area contributed by atoms with E-state index < -0.39 is 0 Å². The van der Waals surface area contributed by atoms with E-state index in [0.29, 0.717) is 24.6 Å². The summed E-state index contributed by atoms with van der Waals surface area (Å²) in [5.74, 6) is 0.327. The predicted molar refractivity (Wildman–Crippen MR) is 91.3 cm³/mol. The first-order chi connectivity index (χ1) is 11.0. The number of hydrogen-bond donors (Lipinski definition) is 3. The molecule has 0 aromatic heterocycles. The van der Waals surface area contributed by atoms with E-state index in [0.717, 1.165) is 25.0 Å². The Balaban J connectivity index is 1.89. The Labute approximate surface area is 137 Å². The molecule has 4 N–H and O–H groups in total. The van der Waals surface area contributed by atoms with Crippen molar-refractivity contribution in [2.75, 3.05) is 13.2 Å². The summed E-state index contributed by atoms with van der Waals surface area (Å²) < 4.78 is 5.51. The molecule has 1 saturated heterocycles. The van der Waals surface area contributed by atoms with E-state index >= 15 is 0 Å². The Hall–Kier alpha value is -2.08. The van der Waals surface area contributed by atoms with Crippen LogP contribution in [0.3, 0.4) is 0 Å². The van der Waals surface area contributed by atoms with Crippen LogP contribution >= 0.6 is 0 Å². The van der Waals surface area contributed by atoms with Crippen LogP contribution in [0, 0.1) is 0 Å². The summed E-state index contributed by atoms with van der Waals surface area (Å²) in [6.45, 7) is 5.80.